The van der Waals surface area contributed by atoms with E-state index in [9.17, 15) is 14.7 Å². The number of carboxylic acid groups (broad SMARTS) is 1. The van der Waals surface area contributed by atoms with Crippen LogP contribution in [0.1, 0.15) is 36.7 Å². The molecule has 1 heterocycles. The molecule has 0 bridgehead atoms. The molecule has 1 atom stereocenters. The Morgan fingerprint density at radius 2 is 1.88 bits per heavy atom. The number of amides is 1. The van der Waals surface area contributed by atoms with E-state index in [-0.39, 0.29) is 24.9 Å². The number of aliphatic carboxylic acids is 1. The Morgan fingerprint density at radius 1 is 1.20 bits per heavy atom. The molecule has 0 spiro atoms. The van der Waals surface area contributed by atoms with Crippen LogP contribution in [0, 0.1) is 12.8 Å². The van der Waals surface area contributed by atoms with Gasteiger partial charge in [0.15, 0.2) is 0 Å². The highest BCUT2D eigenvalue weighted by atomic mass is 16.4. The predicted octanol–water partition coefficient (Wildman–Crippen LogP) is 2.37. The van der Waals surface area contributed by atoms with Crippen LogP contribution < -0.4 is 5.32 Å². The van der Waals surface area contributed by atoms with Crippen molar-refractivity contribution in [1.29, 1.82) is 0 Å². The molecule has 0 fully saturated rings. The minimum Gasteiger partial charge on any atom is -0.481 e. The first-order valence-electron chi connectivity index (χ1n) is 8.44. The number of benzene rings is 1. The van der Waals surface area contributed by atoms with E-state index in [4.69, 9.17) is 0 Å². The van der Waals surface area contributed by atoms with Crippen LogP contribution in [0.4, 0.5) is 0 Å². The van der Waals surface area contributed by atoms with Gasteiger partial charge in [0.25, 0.3) is 0 Å². The Labute approximate surface area is 147 Å². The first-order chi connectivity index (χ1) is 11.8. The van der Waals surface area contributed by atoms with E-state index in [2.05, 4.69) is 10.4 Å². The van der Waals surface area contributed by atoms with Gasteiger partial charge in [-0.15, -0.1) is 0 Å². The average Bonchev–Trinajstić information content (AvgIpc) is 3.01. The summed E-state index contributed by atoms with van der Waals surface area (Å²) in [5.41, 5.74) is 2.75. The summed E-state index contributed by atoms with van der Waals surface area (Å²) in [7, 11) is 0. The van der Waals surface area contributed by atoms with E-state index in [1.165, 1.54) is 0 Å². The lowest BCUT2D eigenvalue weighted by atomic mass is 9.98. The Bertz CT molecular complexity index is 720. The second-order valence-corrected chi connectivity index (χ2v) is 6.59. The number of rotatable bonds is 8. The van der Waals surface area contributed by atoms with E-state index < -0.39 is 11.9 Å². The number of aromatic nitrogens is 2. The average molecular weight is 343 g/mol. The Kier molecular flexibility index (Phi) is 6.33. The van der Waals surface area contributed by atoms with Gasteiger partial charge in [-0.3, -0.25) is 14.3 Å². The van der Waals surface area contributed by atoms with E-state index in [0.29, 0.717) is 12.1 Å². The van der Waals surface area contributed by atoms with Crippen LogP contribution in [-0.2, 0) is 22.4 Å². The number of aryl methyl sites for hydroxylation is 1. The van der Waals surface area contributed by atoms with Crippen LogP contribution in [-0.4, -0.2) is 33.3 Å². The molecular formula is C19H25N3O3. The van der Waals surface area contributed by atoms with Gasteiger partial charge in [-0.2, -0.15) is 5.10 Å². The Balaban J connectivity index is 1.88. The molecule has 1 amide bonds. The number of carboxylic acids is 1. The summed E-state index contributed by atoms with van der Waals surface area (Å²) in [4.78, 5) is 23.5. The van der Waals surface area contributed by atoms with Gasteiger partial charge >= 0.3 is 5.97 Å². The summed E-state index contributed by atoms with van der Waals surface area (Å²) >= 11 is 0. The number of carbonyl (C=O) groups is 2. The molecule has 134 valence electrons. The maximum atomic E-state index is 12.1. The highest BCUT2D eigenvalue weighted by Crippen LogP contribution is 2.11. The zero-order chi connectivity index (χ0) is 18.4. The molecule has 2 rings (SSSR count). The highest BCUT2D eigenvalue weighted by molar-refractivity contribution is 5.79. The molecule has 2 aromatic rings. The summed E-state index contributed by atoms with van der Waals surface area (Å²) in [6.45, 7) is 6.12. The maximum absolute atomic E-state index is 12.1. The van der Waals surface area contributed by atoms with Crippen molar-refractivity contribution in [3.8, 4) is 0 Å². The molecule has 0 saturated carbocycles. The third kappa shape index (κ3) is 5.74. The summed E-state index contributed by atoms with van der Waals surface area (Å²) in [5.74, 6) is -1.78. The standard InChI is InChI=1S/C19H25N3O3/c1-13(2)22-9-8-17(21-22)11-18(23)20-12-16(19(24)25)10-15-6-4-14(3)5-7-15/h4-9,13,16H,10-12H2,1-3H3,(H,20,23)(H,24,25). The zero-order valence-electron chi connectivity index (χ0n) is 14.9. The van der Waals surface area contributed by atoms with Gasteiger partial charge in [0.1, 0.15) is 0 Å². The van der Waals surface area contributed by atoms with Gasteiger partial charge in [0.2, 0.25) is 5.91 Å². The fourth-order valence-corrected chi connectivity index (χ4v) is 2.48. The third-order valence-corrected chi connectivity index (χ3v) is 4.03. The van der Waals surface area contributed by atoms with Gasteiger partial charge in [0.05, 0.1) is 18.0 Å². The van der Waals surface area contributed by atoms with Crippen LogP contribution >= 0.6 is 0 Å². The van der Waals surface area contributed by atoms with E-state index >= 15 is 0 Å². The van der Waals surface area contributed by atoms with E-state index in [1.54, 1.807) is 10.7 Å². The van der Waals surface area contributed by atoms with Crippen molar-refractivity contribution in [1.82, 2.24) is 15.1 Å². The second-order valence-electron chi connectivity index (χ2n) is 6.59. The third-order valence-electron chi connectivity index (χ3n) is 4.03. The molecule has 1 aromatic carbocycles. The summed E-state index contributed by atoms with van der Waals surface area (Å²) < 4.78 is 1.79. The van der Waals surface area contributed by atoms with Crippen LogP contribution in [0.3, 0.4) is 0 Å². The van der Waals surface area contributed by atoms with Crippen LogP contribution in [0.15, 0.2) is 36.5 Å². The molecule has 0 aliphatic rings. The molecule has 2 N–H and O–H groups in total. The van der Waals surface area contributed by atoms with Crippen molar-refractivity contribution in [2.75, 3.05) is 6.54 Å². The Morgan fingerprint density at radius 3 is 2.44 bits per heavy atom. The number of nitrogens with one attached hydrogen (secondary N) is 1. The first kappa shape index (κ1) is 18.7. The number of nitrogens with zero attached hydrogens (tertiary/aromatic N) is 2. The summed E-state index contributed by atoms with van der Waals surface area (Å²) in [5, 5.41) is 16.4. The minimum absolute atomic E-state index is 0.104. The van der Waals surface area contributed by atoms with Gasteiger partial charge in [-0.25, -0.2) is 0 Å². The molecule has 0 saturated heterocycles. The molecule has 1 aromatic heterocycles. The number of hydrogen-bond acceptors (Lipinski definition) is 3. The maximum Gasteiger partial charge on any atom is 0.308 e. The van der Waals surface area contributed by atoms with Crippen LogP contribution in [0.2, 0.25) is 0 Å². The molecule has 6 nitrogen and oxygen atoms in total. The van der Waals surface area contributed by atoms with Gasteiger partial charge in [-0.1, -0.05) is 29.8 Å². The number of hydrogen-bond donors (Lipinski definition) is 2. The largest absolute Gasteiger partial charge is 0.481 e. The van der Waals surface area contributed by atoms with Crippen molar-refractivity contribution in [2.45, 2.75) is 39.7 Å². The fourth-order valence-electron chi connectivity index (χ4n) is 2.48. The molecule has 0 radical (unpaired) electrons. The molecule has 0 aliphatic heterocycles. The lowest BCUT2D eigenvalue weighted by Crippen LogP contribution is -2.35. The zero-order valence-corrected chi connectivity index (χ0v) is 14.9. The molecule has 0 aliphatic carbocycles. The van der Waals surface area contributed by atoms with E-state index in [0.717, 1.165) is 11.1 Å². The summed E-state index contributed by atoms with van der Waals surface area (Å²) in [6.07, 6.45) is 2.37. The normalized spacial score (nSPS) is 12.2. The van der Waals surface area contributed by atoms with Crippen molar-refractivity contribution >= 4 is 11.9 Å². The monoisotopic (exact) mass is 343 g/mol. The van der Waals surface area contributed by atoms with Crippen LogP contribution in [0.25, 0.3) is 0 Å². The molecular weight excluding hydrogens is 318 g/mol. The Hall–Kier alpha value is -2.63. The van der Waals surface area contributed by atoms with Crippen molar-refractivity contribution < 1.29 is 14.7 Å². The smallest absolute Gasteiger partial charge is 0.308 e. The SMILES string of the molecule is Cc1ccc(CC(CNC(=O)Cc2ccn(C(C)C)n2)C(=O)O)cc1. The fraction of sp³-hybridized carbons (Fsp3) is 0.421. The minimum atomic E-state index is -0.912. The van der Waals surface area contributed by atoms with Crippen LogP contribution in [0.5, 0.6) is 0 Å². The van der Waals surface area contributed by atoms with Gasteiger partial charge in [0, 0.05) is 18.8 Å². The lowest BCUT2D eigenvalue weighted by Gasteiger charge is -2.13. The van der Waals surface area contributed by atoms with Gasteiger partial charge < -0.3 is 10.4 Å². The lowest BCUT2D eigenvalue weighted by molar-refractivity contribution is -0.141. The van der Waals surface area contributed by atoms with E-state index in [1.807, 2.05) is 51.2 Å². The van der Waals surface area contributed by atoms with Crippen molar-refractivity contribution in [3.05, 3.63) is 53.3 Å². The summed E-state index contributed by atoms with van der Waals surface area (Å²) in [6, 6.07) is 9.80. The number of carbonyl (C=O) groups excluding carboxylic acids is 1. The highest BCUT2D eigenvalue weighted by Gasteiger charge is 2.19. The molecule has 1 unspecified atom stereocenters. The van der Waals surface area contributed by atoms with Crippen molar-refractivity contribution in [2.24, 2.45) is 5.92 Å². The van der Waals surface area contributed by atoms with Gasteiger partial charge in [-0.05, 0) is 38.8 Å². The first-order valence-corrected chi connectivity index (χ1v) is 8.44. The molecule has 25 heavy (non-hydrogen) atoms. The predicted molar refractivity (Wildman–Crippen MR) is 95.3 cm³/mol. The topological polar surface area (TPSA) is 84.2 Å². The molecule has 6 heteroatoms. The van der Waals surface area contributed by atoms with Crippen molar-refractivity contribution in [3.63, 3.8) is 0 Å². The second kappa shape index (κ2) is 8.46. The quantitative estimate of drug-likeness (QED) is 0.771.